The van der Waals surface area contributed by atoms with Gasteiger partial charge in [0.05, 0.1) is 11.3 Å². The average Bonchev–Trinajstić information content (AvgIpc) is 3.10. The second-order valence-corrected chi connectivity index (χ2v) is 7.34. The predicted octanol–water partition coefficient (Wildman–Crippen LogP) is 4.73. The van der Waals surface area contributed by atoms with Crippen LogP contribution in [0.2, 0.25) is 0 Å². The molecular weight excluding hydrogens is 343 g/mol. The zero-order chi connectivity index (χ0) is 19.2. The molecule has 4 nitrogen and oxygen atoms in total. The van der Waals surface area contributed by atoms with E-state index in [2.05, 4.69) is 17.2 Å². The van der Waals surface area contributed by atoms with E-state index in [1.165, 1.54) is 12.1 Å². The summed E-state index contributed by atoms with van der Waals surface area (Å²) >= 11 is 0. The summed E-state index contributed by atoms with van der Waals surface area (Å²) in [6.07, 6.45) is 5.74. The third-order valence-corrected chi connectivity index (χ3v) is 4.90. The largest absolute Gasteiger partial charge is 0.482 e. The van der Waals surface area contributed by atoms with E-state index in [1.54, 1.807) is 6.07 Å². The molecule has 0 fully saturated rings. The lowest BCUT2D eigenvalue weighted by Gasteiger charge is -2.23. The van der Waals surface area contributed by atoms with Gasteiger partial charge in [-0.15, -0.1) is 0 Å². The van der Waals surface area contributed by atoms with Gasteiger partial charge < -0.3 is 10.1 Å². The highest BCUT2D eigenvalue weighted by atomic mass is 19.1. The molecule has 1 amide bonds. The first kappa shape index (κ1) is 17.5. The van der Waals surface area contributed by atoms with Crippen molar-refractivity contribution >= 4 is 22.7 Å². The molecule has 5 heteroatoms. The lowest BCUT2D eigenvalue weighted by molar-refractivity contribution is -0.111. The molecule has 1 aromatic heterocycles. The lowest BCUT2D eigenvalue weighted by atomic mass is 9.93. The molecule has 0 spiro atoms. The molecule has 3 heterocycles. The van der Waals surface area contributed by atoms with Crippen LogP contribution >= 0.6 is 0 Å². The number of hydrogen-bond acceptors (Lipinski definition) is 3. The molecule has 1 N–H and O–H groups in total. The van der Waals surface area contributed by atoms with Crippen molar-refractivity contribution in [1.82, 2.24) is 4.98 Å². The van der Waals surface area contributed by atoms with Gasteiger partial charge in [-0.1, -0.05) is 19.4 Å². The van der Waals surface area contributed by atoms with Gasteiger partial charge in [0.15, 0.2) is 0 Å². The number of fused-ring (bicyclic) bond motifs is 1. The Kier molecular flexibility index (Phi) is 4.10. The van der Waals surface area contributed by atoms with Gasteiger partial charge in [-0.2, -0.15) is 0 Å². The quantitative estimate of drug-likeness (QED) is 0.801. The first-order valence-electron chi connectivity index (χ1n) is 9.11. The average molecular weight is 364 g/mol. The second kappa shape index (κ2) is 6.34. The number of benzene rings is 1. The molecule has 0 bridgehead atoms. The van der Waals surface area contributed by atoms with E-state index in [0.29, 0.717) is 22.6 Å². The Hall–Kier alpha value is -2.95. The summed E-state index contributed by atoms with van der Waals surface area (Å²) in [7, 11) is 0. The fourth-order valence-electron chi connectivity index (χ4n) is 3.60. The Bertz CT molecular complexity index is 988. The number of hydrogen-bond donors (Lipinski definition) is 1. The van der Waals surface area contributed by atoms with Gasteiger partial charge >= 0.3 is 0 Å². The topological polar surface area (TPSA) is 51.2 Å². The maximum Gasteiger partial charge on any atom is 0.260 e. The monoisotopic (exact) mass is 364 g/mol. The molecule has 0 unspecified atom stereocenters. The number of halogens is 1. The highest BCUT2D eigenvalue weighted by Gasteiger charge is 2.38. The summed E-state index contributed by atoms with van der Waals surface area (Å²) in [5.41, 5.74) is 3.95. The first-order valence-corrected chi connectivity index (χ1v) is 9.11. The molecule has 2 aromatic rings. The predicted molar refractivity (Wildman–Crippen MR) is 103 cm³/mol. The van der Waals surface area contributed by atoms with E-state index in [-0.39, 0.29) is 11.7 Å². The summed E-state index contributed by atoms with van der Waals surface area (Å²) in [6, 6.07) is 8.35. The summed E-state index contributed by atoms with van der Waals surface area (Å²) < 4.78 is 19.6. The normalized spacial score (nSPS) is 20.1. The molecule has 0 aliphatic carbocycles. The fraction of sp³-hybridized carbons (Fsp3) is 0.273. The van der Waals surface area contributed by atoms with Crippen LogP contribution in [0.1, 0.15) is 44.0 Å². The minimum absolute atomic E-state index is 0.282. The Morgan fingerprint density at radius 1 is 1.22 bits per heavy atom. The number of anilines is 1. The number of carbonyl (C=O) groups excluding carboxylic acids is 1. The number of aromatic nitrogens is 1. The molecule has 1 aromatic carbocycles. The van der Waals surface area contributed by atoms with Gasteiger partial charge in [-0.3, -0.25) is 9.78 Å². The Labute approximate surface area is 157 Å². The number of rotatable bonds is 3. The van der Waals surface area contributed by atoms with Crippen LogP contribution in [-0.2, 0) is 16.0 Å². The molecule has 4 rings (SSSR count). The van der Waals surface area contributed by atoms with Crippen molar-refractivity contribution in [3.63, 3.8) is 0 Å². The first-order chi connectivity index (χ1) is 12.9. The van der Waals surface area contributed by atoms with Crippen molar-refractivity contribution in [3.8, 4) is 0 Å². The SMILES string of the molecule is CCCc1ccc(C2=C/C(=C3\C(=O)Nc4cc(F)ccc43)OC2(C)C)cn1. The minimum atomic E-state index is -0.598. The fourth-order valence-corrected chi connectivity index (χ4v) is 3.60. The van der Waals surface area contributed by atoms with Gasteiger partial charge in [-0.05, 0) is 50.6 Å². The van der Waals surface area contributed by atoms with Crippen LogP contribution in [0.25, 0.3) is 11.1 Å². The van der Waals surface area contributed by atoms with E-state index in [0.717, 1.165) is 29.7 Å². The molecular formula is C22H21FN2O2. The van der Waals surface area contributed by atoms with E-state index in [9.17, 15) is 9.18 Å². The van der Waals surface area contributed by atoms with Crippen molar-refractivity contribution in [1.29, 1.82) is 0 Å². The van der Waals surface area contributed by atoms with Crippen LogP contribution in [-0.4, -0.2) is 16.5 Å². The Balaban J connectivity index is 1.78. The van der Waals surface area contributed by atoms with E-state index in [4.69, 9.17) is 4.74 Å². The summed E-state index contributed by atoms with van der Waals surface area (Å²) in [4.78, 5) is 17.0. The molecule has 2 aliphatic rings. The van der Waals surface area contributed by atoms with E-state index in [1.807, 2.05) is 38.3 Å². The lowest BCUT2D eigenvalue weighted by Crippen LogP contribution is -2.21. The molecule has 0 saturated heterocycles. The van der Waals surface area contributed by atoms with Gasteiger partial charge in [-0.25, -0.2) is 4.39 Å². The maximum absolute atomic E-state index is 13.5. The zero-order valence-corrected chi connectivity index (χ0v) is 15.6. The van der Waals surface area contributed by atoms with E-state index < -0.39 is 5.60 Å². The van der Waals surface area contributed by atoms with Crippen molar-refractivity contribution in [3.05, 3.63) is 71.0 Å². The van der Waals surface area contributed by atoms with Gasteiger partial charge in [0.2, 0.25) is 0 Å². The highest BCUT2D eigenvalue weighted by Crippen LogP contribution is 2.44. The van der Waals surface area contributed by atoms with Crippen LogP contribution in [0.3, 0.4) is 0 Å². The van der Waals surface area contributed by atoms with Crippen LogP contribution in [0.5, 0.6) is 0 Å². The number of ether oxygens (including phenoxy) is 1. The highest BCUT2D eigenvalue weighted by molar-refractivity contribution is 6.32. The third kappa shape index (κ3) is 3.03. The number of pyridine rings is 1. The second-order valence-electron chi connectivity index (χ2n) is 7.34. The Morgan fingerprint density at radius 2 is 2.04 bits per heavy atom. The smallest absolute Gasteiger partial charge is 0.260 e. The van der Waals surface area contributed by atoms with Crippen molar-refractivity contribution in [2.45, 2.75) is 39.2 Å². The van der Waals surface area contributed by atoms with Gasteiger partial charge in [0, 0.05) is 28.6 Å². The summed E-state index contributed by atoms with van der Waals surface area (Å²) in [5, 5.41) is 2.71. The summed E-state index contributed by atoms with van der Waals surface area (Å²) in [6.45, 7) is 6.05. The molecule has 27 heavy (non-hydrogen) atoms. The molecule has 0 saturated carbocycles. The van der Waals surface area contributed by atoms with Crippen molar-refractivity contribution in [2.24, 2.45) is 0 Å². The third-order valence-electron chi connectivity index (χ3n) is 4.90. The minimum Gasteiger partial charge on any atom is -0.482 e. The van der Waals surface area contributed by atoms with Crippen LogP contribution in [0, 0.1) is 5.82 Å². The van der Waals surface area contributed by atoms with E-state index >= 15 is 0 Å². The maximum atomic E-state index is 13.5. The molecule has 0 atom stereocenters. The van der Waals surface area contributed by atoms with Gasteiger partial charge in [0.25, 0.3) is 5.91 Å². The standard InChI is InChI=1S/C22H21FN2O2/c1-4-5-15-8-6-13(12-24-15)17-11-19(27-22(17,2)3)20-16-9-7-14(23)10-18(16)25-21(20)26/h6-12H,4-5H2,1-3H3,(H,25,26)/b20-19+. The van der Waals surface area contributed by atoms with Crippen LogP contribution in [0.15, 0.2) is 48.4 Å². The number of carbonyl (C=O) groups is 1. The number of allylic oxidation sites excluding steroid dienone is 1. The molecule has 0 radical (unpaired) electrons. The van der Waals surface area contributed by atoms with Crippen molar-refractivity contribution < 1.29 is 13.9 Å². The number of aryl methyl sites for hydroxylation is 1. The Morgan fingerprint density at radius 3 is 2.74 bits per heavy atom. The van der Waals surface area contributed by atoms with Crippen LogP contribution in [0.4, 0.5) is 10.1 Å². The number of nitrogens with zero attached hydrogens (tertiary/aromatic N) is 1. The zero-order valence-electron chi connectivity index (χ0n) is 15.6. The van der Waals surface area contributed by atoms with Gasteiger partial charge in [0.1, 0.15) is 17.2 Å². The van der Waals surface area contributed by atoms with Crippen LogP contribution < -0.4 is 5.32 Å². The molecule has 2 aliphatic heterocycles. The summed E-state index contributed by atoms with van der Waals surface area (Å²) in [5.74, 6) is -0.173. The number of amides is 1. The molecule has 138 valence electrons. The van der Waals surface area contributed by atoms with Crippen molar-refractivity contribution in [2.75, 3.05) is 5.32 Å². The number of nitrogens with one attached hydrogen (secondary N) is 1.